The van der Waals surface area contributed by atoms with Gasteiger partial charge in [0.2, 0.25) is 11.8 Å². The molecule has 1 aromatic carbocycles. The molecule has 4 aromatic rings. The Kier molecular flexibility index (Phi) is 7.76. The molecule has 41 heavy (non-hydrogen) atoms. The summed E-state index contributed by atoms with van der Waals surface area (Å²) in [6.45, 7) is 5.52. The Morgan fingerprint density at radius 3 is 2.76 bits per heavy atom. The monoisotopic (exact) mass is 574 g/mol. The zero-order valence-electron chi connectivity index (χ0n) is 23.3. The van der Waals surface area contributed by atoms with Crippen LogP contribution in [0.3, 0.4) is 0 Å². The first-order chi connectivity index (χ1) is 19.6. The van der Waals surface area contributed by atoms with Crippen LogP contribution in [0, 0.1) is 19.3 Å². The number of allylic oxidation sites excluding steroid dienone is 1. The van der Waals surface area contributed by atoms with Crippen LogP contribution in [-0.4, -0.2) is 49.7 Å². The molecule has 0 aliphatic heterocycles. The number of aliphatic hydroxyl groups is 1. The van der Waals surface area contributed by atoms with Gasteiger partial charge in [-0.1, -0.05) is 11.6 Å². The minimum atomic E-state index is -0.701. The van der Waals surface area contributed by atoms with E-state index >= 15 is 0 Å². The smallest absolute Gasteiger partial charge is 0.251 e. The number of ether oxygens (including phenoxy) is 1. The van der Waals surface area contributed by atoms with Crippen molar-refractivity contribution < 1.29 is 19.1 Å². The lowest BCUT2D eigenvalue weighted by Gasteiger charge is -2.33. The van der Waals surface area contributed by atoms with Crippen LogP contribution in [0.15, 0.2) is 28.8 Å². The molecule has 0 unspecified atom stereocenters. The van der Waals surface area contributed by atoms with Crippen LogP contribution in [0.25, 0.3) is 22.7 Å². The Morgan fingerprint density at radius 2 is 2.07 bits per heavy atom. The highest BCUT2D eigenvalue weighted by molar-refractivity contribution is 6.33. The molecule has 3 heterocycles. The van der Waals surface area contributed by atoms with E-state index in [9.17, 15) is 9.90 Å². The van der Waals surface area contributed by atoms with Gasteiger partial charge in [0.05, 0.1) is 21.7 Å². The summed E-state index contributed by atoms with van der Waals surface area (Å²) >= 11 is 6.47. The number of carbonyl (C=O) groups is 1. The summed E-state index contributed by atoms with van der Waals surface area (Å²) in [6.07, 6.45) is 11.8. The number of halogens is 1. The molecule has 4 N–H and O–H groups in total. The predicted octanol–water partition coefficient (Wildman–Crippen LogP) is 5.63. The fourth-order valence-corrected chi connectivity index (χ4v) is 5.11. The van der Waals surface area contributed by atoms with E-state index in [0.717, 1.165) is 11.1 Å². The lowest BCUT2D eigenvalue weighted by Crippen LogP contribution is -2.35. The molecule has 1 aliphatic rings. The van der Waals surface area contributed by atoms with E-state index in [1.807, 2.05) is 26.1 Å². The van der Waals surface area contributed by atoms with E-state index in [2.05, 4.69) is 31.5 Å². The maximum absolute atomic E-state index is 12.0. The van der Waals surface area contributed by atoms with Gasteiger partial charge in [-0.2, -0.15) is 9.97 Å². The number of aromatic amines is 1. The number of nitrogens with one attached hydrogen (secondary N) is 3. The van der Waals surface area contributed by atoms with Gasteiger partial charge in [0.25, 0.3) is 5.91 Å². The van der Waals surface area contributed by atoms with Gasteiger partial charge in [-0.25, -0.2) is 4.98 Å². The zero-order chi connectivity index (χ0) is 29.3. The van der Waals surface area contributed by atoms with Crippen molar-refractivity contribution in [1.29, 1.82) is 0 Å². The first kappa shape index (κ1) is 28.2. The standard InChI is InChI=1S/C30H31ClN6O4/c1-6-22-24(40-17(3)34-22)13-16(2)20-15-33-26-25(20)28(41-19-9-11-30(4,39)12-10-19)37-29(36-26)35-23-8-7-18(14-21(23)31)27(38)32-5/h1,7-8,13-15,19,39H,9-12H2,2-5H3,(H,32,38)(H2,33,35,36,37)/b16-13+. The zero-order valence-corrected chi connectivity index (χ0v) is 24.0. The maximum Gasteiger partial charge on any atom is 0.251 e. The predicted molar refractivity (Wildman–Crippen MR) is 158 cm³/mol. The number of hydrogen-bond acceptors (Lipinski definition) is 8. The first-order valence-electron chi connectivity index (χ1n) is 13.3. The van der Waals surface area contributed by atoms with Crippen molar-refractivity contribution in [3.63, 3.8) is 0 Å². The number of H-pyrrole nitrogens is 1. The molecule has 3 aromatic heterocycles. The third-order valence-corrected chi connectivity index (χ3v) is 7.47. The minimum absolute atomic E-state index is 0.131. The Labute approximate surface area is 242 Å². The molecule has 0 spiro atoms. The molecule has 0 saturated heterocycles. The van der Waals surface area contributed by atoms with E-state index in [4.69, 9.17) is 32.2 Å². The lowest BCUT2D eigenvalue weighted by molar-refractivity contribution is -0.0114. The summed E-state index contributed by atoms with van der Waals surface area (Å²) in [6, 6.07) is 4.93. The molecule has 5 rings (SSSR count). The van der Waals surface area contributed by atoms with E-state index in [-0.39, 0.29) is 18.0 Å². The number of aromatic nitrogens is 4. The van der Waals surface area contributed by atoms with Gasteiger partial charge in [-0.15, -0.1) is 6.42 Å². The average molecular weight is 575 g/mol. The molecule has 1 saturated carbocycles. The van der Waals surface area contributed by atoms with Crippen molar-refractivity contribution in [2.45, 2.75) is 58.2 Å². The number of oxazole rings is 1. The summed E-state index contributed by atoms with van der Waals surface area (Å²) in [4.78, 5) is 28.9. The maximum atomic E-state index is 12.0. The van der Waals surface area contributed by atoms with Gasteiger partial charge in [0.15, 0.2) is 17.3 Å². The largest absolute Gasteiger partial charge is 0.474 e. The van der Waals surface area contributed by atoms with Gasteiger partial charge in [-0.3, -0.25) is 4.79 Å². The second-order valence-corrected chi connectivity index (χ2v) is 10.8. The first-order valence-corrected chi connectivity index (χ1v) is 13.6. The minimum Gasteiger partial charge on any atom is -0.474 e. The van der Waals surface area contributed by atoms with Gasteiger partial charge in [0.1, 0.15) is 11.8 Å². The molecule has 212 valence electrons. The van der Waals surface area contributed by atoms with Crippen molar-refractivity contribution >= 4 is 51.8 Å². The van der Waals surface area contributed by atoms with Crippen molar-refractivity contribution in [2.75, 3.05) is 12.4 Å². The Hall–Kier alpha value is -4.33. The van der Waals surface area contributed by atoms with Crippen LogP contribution in [0.5, 0.6) is 5.88 Å². The number of hydrogen-bond donors (Lipinski definition) is 4. The van der Waals surface area contributed by atoms with Crippen LogP contribution in [0.4, 0.5) is 11.6 Å². The number of nitrogens with zero attached hydrogens (tertiary/aromatic N) is 3. The Bertz CT molecular complexity index is 1690. The Balaban J connectivity index is 1.54. The van der Waals surface area contributed by atoms with E-state index in [1.54, 1.807) is 32.2 Å². The SMILES string of the molecule is C#Cc1nc(C)oc1/C=C(\C)c1c[nH]c2nc(Nc3ccc(C(=O)NC)cc3Cl)nc(OC3CCC(C)(O)CC3)c12. The summed E-state index contributed by atoms with van der Waals surface area (Å²) < 4.78 is 12.2. The second kappa shape index (κ2) is 11.3. The van der Waals surface area contributed by atoms with Gasteiger partial charge >= 0.3 is 0 Å². The third-order valence-electron chi connectivity index (χ3n) is 7.16. The molecule has 1 amide bonds. The summed E-state index contributed by atoms with van der Waals surface area (Å²) in [5, 5.41) is 17.2. The molecular formula is C30H31ClN6O4. The number of aryl methyl sites for hydroxylation is 1. The van der Waals surface area contributed by atoms with Crippen molar-refractivity contribution in [1.82, 2.24) is 25.3 Å². The number of carbonyl (C=O) groups excluding carboxylic acids is 1. The highest BCUT2D eigenvalue weighted by atomic mass is 35.5. The number of fused-ring (bicyclic) bond motifs is 1. The number of rotatable bonds is 7. The molecule has 1 fully saturated rings. The number of anilines is 2. The lowest BCUT2D eigenvalue weighted by atomic mass is 9.85. The van der Waals surface area contributed by atoms with Gasteiger partial charge in [0, 0.05) is 31.3 Å². The topological polar surface area (TPSA) is 138 Å². The summed E-state index contributed by atoms with van der Waals surface area (Å²) in [7, 11) is 1.56. The van der Waals surface area contributed by atoms with Crippen molar-refractivity contribution in [2.24, 2.45) is 0 Å². The molecule has 10 nitrogen and oxygen atoms in total. The van der Waals surface area contributed by atoms with Crippen LogP contribution in [0.1, 0.15) is 72.8 Å². The number of amides is 1. The van der Waals surface area contributed by atoms with E-state index in [0.29, 0.717) is 76.2 Å². The average Bonchev–Trinajstić information content (AvgIpc) is 3.53. The highest BCUT2D eigenvalue weighted by Crippen LogP contribution is 2.37. The fraction of sp³-hybridized carbons (Fsp3) is 0.333. The summed E-state index contributed by atoms with van der Waals surface area (Å²) in [5.41, 5.74) is 2.90. The van der Waals surface area contributed by atoms with Crippen molar-refractivity contribution in [3.8, 4) is 18.2 Å². The van der Waals surface area contributed by atoms with Crippen LogP contribution >= 0.6 is 11.6 Å². The molecule has 0 bridgehead atoms. The summed E-state index contributed by atoms with van der Waals surface area (Å²) in [5.74, 6) is 3.94. The number of benzene rings is 1. The van der Waals surface area contributed by atoms with Crippen LogP contribution in [-0.2, 0) is 0 Å². The normalized spacial score (nSPS) is 19.1. The second-order valence-electron chi connectivity index (χ2n) is 10.4. The van der Waals surface area contributed by atoms with E-state index in [1.165, 1.54) is 0 Å². The third kappa shape index (κ3) is 6.06. The molecule has 11 heteroatoms. The van der Waals surface area contributed by atoms with Crippen LogP contribution < -0.4 is 15.4 Å². The molecule has 1 aliphatic carbocycles. The van der Waals surface area contributed by atoms with Gasteiger partial charge in [-0.05, 0) is 75.3 Å². The van der Waals surface area contributed by atoms with E-state index < -0.39 is 5.60 Å². The van der Waals surface area contributed by atoms with Gasteiger partial charge < -0.3 is 29.9 Å². The molecule has 0 atom stereocenters. The highest BCUT2D eigenvalue weighted by Gasteiger charge is 2.31. The Morgan fingerprint density at radius 1 is 1.32 bits per heavy atom. The quantitative estimate of drug-likeness (QED) is 0.208. The number of terminal acetylenes is 1. The molecule has 0 radical (unpaired) electrons. The fourth-order valence-electron chi connectivity index (χ4n) is 4.88. The van der Waals surface area contributed by atoms with Crippen LogP contribution in [0.2, 0.25) is 5.02 Å². The van der Waals surface area contributed by atoms with Crippen molar-refractivity contribution in [3.05, 3.63) is 57.9 Å². The molecular weight excluding hydrogens is 544 g/mol.